The molecular weight excluding hydrogens is 284 g/mol. The molecule has 1 rings (SSSR count). The summed E-state index contributed by atoms with van der Waals surface area (Å²) < 4.78 is 0. The Balaban J connectivity index is 2.17. The third kappa shape index (κ3) is 6.02. The Morgan fingerprint density at radius 1 is 1.10 bits per heavy atom. The first-order valence-electron chi connectivity index (χ1n) is 6.45. The average Bonchev–Trinajstić information content (AvgIpc) is 2.73. The smallest absolute Gasteiger partial charge is 0.352 e. The van der Waals surface area contributed by atoms with Gasteiger partial charge in [0.05, 0.1) is 0 Å². The minimum absolute atomic E-state index is 0.00203. The number of rotatable bonds is 8. The predicted octanol–water partition coefficient (Wildman–Crippen LogP) is -0.645. The van der Waals surface area contributed by atoms with Crippen LogP contribution in [0.15, 0.2) is 0 Å². The zero-order valence-electron chi connectivity index (χ0n) is 11.3. The maximum absolute atomic E-state index is 11.4. The lowest BCUT2D eigenvalue weighted by molar-refractivity contribution is -0.196. The van der Waals surface area contributed by atoms with Crippen molar-refractivity contribution in [3.05, 3.63) is 0 Å². The van der Waals surface area contributed by atoms with Crippen molar-refractivity contribution in [3.8, 4) is 0 Å². The van der Waals surface area contributed by atoms with Gasteiger partial charge in [-0.25, -0.2) is 4.79 Å². The van der Waals surface area contributed by atoms with Crippen molar-refractivity contribution in [3.63, 3.8) is 0 Å². The van der Waals surface area contributed by atoms with Gasteiger partial charge in [-0.15, -0.1) is 5.06 Å². The second kappa shape index (κ2) is 7.98. The number of carbonyl (C=O) groups is 5. The molecule has 21 heavy (non-hydrogen) atoms. The molecule has 1 aliphatic rings. The molecule has 0 radical (unpaired) electrons. The van der Waals surface area contributed by atoms with Gasteiger partial charge in [-0.2, -0.15) is 0 Å². The maximum atomic E-state index is 11.4. The molecule has 1 saturated heterocycles. The second-order valence-electron chi connectivity index (χ2n) is 4.42. The lowest BCUT2D eigenvalue weighted by Crippen LogP contribution is -2.37. The molecule has 0 saturated carbocycles. The number of hydrogen-bond acceptors (Lipinski definition) is 6. The topological polar surface area (TPSA) is 130 Å². The molecule has 116 valence electrons. The fraction of sp³-hybridized carbons (Fsp3) is 0.583. The van der Waals surface area contributed by atoms with Gasteiger partial charge in [0.25, 0.3) is 11.8 Å². The minimum Gasteiger partial charge on any atom is -0.481 e. The van der Waals surface area contributed by atoms with Crippen LogP contribution >= 0.6 is 0 Å². The number of carboxylic acid groups (broad SMARTS) is 1. The molecule has 1 heterocycles. The van der Waals surface area contributed by atoms with Crippen molar-refractivity contribution in [2.75, 3.05) is 6.54 Å². The van der Waals surface area contributed by atoms with Crippen LogP contribution in [0, 0.1) is 0 Å². The molecule has 9 nitrogen and oxygen atoms in total. The van der Waals surface area contributed by atoms with Crippen LogP contribution in [-0.2, 0) is 28.8 Å². The Hall–Kier alpha value is -2.45. The standard InChI is InChI=1S/C12H16N2O7/c15-8(3-1-2-4-11(18)19)13-7-12(20)21-14-9(16)5-6-10(14)17/h1-7H2,(H,13,15)(H,18,19). The van der Waals surface area contributed by atoms with Crippen LogP contribution in [-0.4, -0.2) is 46.4 Å². The Morgan fingerprint density at radius 3 is 2.24 bits per heavy atom. The minimum atomic E-state index is -0.932. The van der Waals surface area contributed by atoms with Gasteiger partial charge in [-0.05, 0) is 12.8 Å². The van der Waals surface area contributed by atoms with Crippen LogP contribution in [0.3, 0.4) is 0 Å². The van der Waals surface area contributed by atoms with Crippen LogP contribution in [0.25, 0.3) is 0 Å². The molecule has 0 unspecified atom stereocenters. The van der Waals surface area contributed by atoms with E-state index in [4.69, 9.17) is 5.11 Å². The number of hydroxylamine groups is 2. The van der Waals surface area contributed by atoms with E-state index in [1.165, 1.54) is 0 Å². The molecule has 3 amide bonds. The molecular formula is C12H16N2O7. The summed E-state index contributed by atoms with van der Waals surface area (Å²) in [5, 5.41) is 11.1. The van der Waals surface area contributed by atoms with Crippen LogP contribution in [0.2, 0.25) is 0 Å². The van der Waals surface area contributed by atoms with Crippen LogP contribution in [0.4, 0.5) is 0 Å². The summed E-state index contributed by atoms with van der Waals surface area (Å²) >= 11 is 0. The molecule has 0 aromatic rings. The Kier molecular flexibility index (Phi) is 6.31. The third-order valence-corrected chi connectivity index (χ3v) is 2.67. The maximum Gasteiger partial charge on any atom is 0.352 e. The van der Waals surface area contributed by atoms with Gasteiger partial charge in [0.1, 0.15) is 6.54 Å². The Morgan fingerprint density at radius 2 is 1.67 bits per heavy atom. The molecule has 0 atom stereocenters. The molecule has 0 aromatic carbocycles. The van der Waals surface area contributed by atoms with E-state index >= 15 is 0 Å². The van der Waals surface area contributed by atoms with Gasteiger partial charge in [-0.3, -0.25) is 19.2 Å². The van der Waals surface area contributed by atoms with Gasteiger partial charge >= 0.3 is 11.9 Å². The first-order valence-corrected chi connectivity index (χ1v) is 6.45. The van der Waals surface area contributed by atoms with E-state index in [0.717, 1.165) is 0 Å². The zero-order chi connectivity index (χ0) is 15.8. The van der Waals surface area contributed by atoms with E-state index < -0.39 is 36.2 Å². The number of carbonyl (C=O) groups excluding carboxylic acids is 4. The lowest BCUT2D eigenvalue weighted by atomic mass is 10.2. The van der Waals surface area contributed by atoms with Crippen molar-refractivity contribution in [2.24, 2.45) is 0 Å². The summed E-state index contributed by atoms with van der Waals surface area (Å²) in [5.41, 5.74) is 0. The molecule has 9 heteroatoms. The van der Waals surface area contributed by atoms with Gasteiger partial charge < -0.3 is 15.3 Å². The summed E-state index contributed by atoms with van der Waals surface area (Å²) in [6, 6.07) is 0. The van der Waals surface area contributed by atoms with Gasteiger partial charge in [0.2, 0.25) is 5.91 Å². The molecule has 0 spiro atoms. The summed E-state index contributed by atoms with van der Waals surface area (Å²) in [7, 11) is 0. The average molecular weight is 300 g/mol. The SMILES string of the molecule is O=C(O)CCCCC(=O)NCC(=O)ON1C(=O)CCC1=O. The van der Waals surface area contributed by atoms with Crippen molar-refractivity contribution in [1.29, 1.82) is 0 Å². The van der Waals surface area contributed by atoms with E-state index in [9.17, 15) is 24.0 Å². The molecule has 0 bridgehead atoms. The largest absolute Gasteiger partial charge is 0.481 e. The third-order valence-electron chi connectivity index (χ3n) is 2.67. The monoisotopic (exact) mass is 300 g/mol. The van der Waals surface area contributed by atoms with E-state index in [1.807, 2.05) is 0 Å². The van der Waals surface area contributed by atoms with Gasteiger partial charge in [0.15, 0.2) is 0 Å². The molecule has 1 fully saturated rings. The van der Waals surface area contributed by atoms with Crippen LogP contribution in [0.5, 0.6) is 0 Å². The Bertz CT molecular complexity index is 445. The zero-order valence-corrected chi connectivity index (χ0v) is 11.3. The normalized spacial score (nSPS) is 14.2. The number of carboxylic acids is 1. The number of imide groups is 1. The number of aliphatic carboxylic acids is 1. The number of amides is 3. The second-order valence-corrected chi connectivity index (χ2v) is 4.42. The molecule has 0 aliphatic carbocycles. The fourth-order valence-corrected chi connectivity index (χ4v) is 1.61. The predicted molar refractivity (Wildman–Crippen MR) is 66.3 cm³/mol. The first-order chi connectivity index (χ1) is 9.90. The van der Waals surface area contributed by atoms with Crippen molar-refractivity contribution < 1.29 is 33.9 Å². The Labute approximate surface area is 120 Å². The van der Waals surface area contributed by atoms with Crippen molar-refractivity contribution in [2.45, 2.75) is 38.5 Å². The van der Waals surface area contributed by atoms with Gasteiger partial charge in [0, 0.05) is 25.7 Å². The van der Waals surface area contributed by atoms with E-state index in [-0.39, 0.29) is 25.7 Å². The molecule has 0 aromatic heterocycles. The lowest BCUT2D eigenvalue weighted by Gasteiger charge is -2.12. The summed E-state index contributed by atoms with van der Waals surface area (Å²) in [5.74, 6) is -3.46. The highest BCUT2D eigenvalue weighted by Gasteiger charge is 2.32. The quantitative estimate of drug-likeness (QED) is 0.450. The molecule has 2 N–H and O–H groups in total. The highest BCUT2D eigenvalue weighted by atomic mass is 16.7. The molecule has 1 aliphatic heterocycles. The van der Waals surface area contributed by atoms with Crippen molar-refractivity contribution >= 4 is 29.7 Å². The summed E-state index contributed by atoms with van der Waals surface area (Å²) in [4.78, 5) is 59.9. The summed E-state index contributed by atoms with van der Waals surface area (Å²) in [6.45, 7) is -0.463. The van der Waals surface area contributed by atoms with Crippen molar-refractivity contribution in [1.82, 2.24) is 10.4 Å². The number of nitrogens with one attached hydrogen (secondary N) is 1. The van der Waals surface area contributed by atoms with Crippen LogP contribution in [0.1, 0.15) is 38.5 Å². The van der Waals surface area contributed by atoms with E-state index in [1.54, 1.807) is 0 Å². The highest BCUT2D eigenvalue weighted by Crippen LogP contribution is 2.11. The number of unbranched alkanes of at least 4 members (excludes halogenated alkanes) is 1. The van der Waals surface area contributed by atoms with Crippen LogP contribution < -0.4 is 5.32 Å². The number of nitrogens with zero attached hydrogens (tertiary/aromatic N) is 1. The summed E-state index contributed by atoms with van der Waals surface area (Å²) in [6.07, 6.45) is 0.820. The number of hydrogen-bond donors (Lipinski definition) is 2. The fourth-order valence-electron chi connectivity index (χ4n) is 1.61. The van der Waals surface area contributed by atoms with Gasteiger partial charge in [-0.1, -0.05) is 0 Å². The highest BCUT2D eigenvalue weighted by molar-refractivity contribution is 6.01. The van der Waals surface area contributed by atoms with E-state index in [2.05, 4.69) is 10.2 Å². The first kappa shape index (κ1) is 16.6. The van der Waals surface area contributed by atoms with E-state index in [0.29, 0.717) is 17.9 Å².